The monoisotopic (exact) mass is 300 g/mol. The number of nitrogens with zero attached hydrogens (tertiary/aromatic N) is 2. The summed E-state index contributed by atoms with van der Waals surface area (Å²) in [4.78, 5) is 18.1. The van der Waals surface area contributed by atoms with Gasteiger partial charge in [-0.15, -0.1) is 0 Å². The zero-order valence-electron chi connectivity index (χ0n) is 12.6. The summed E-state index contributed by atoms with van der Waals surface area (Å²) in [5, 5.41) is 10.5. The molecule has 5 nitrogen and oxygen atoms in total. The average Bonchev–Trinajstić information content (AvgIpc) is 3.00. The van der Waals surface area contributed by atoms with Gasteiger partial charge in [-0.3, -0.25) is 4.79 Å². The van der Waals surface area contributed by atoms with Crippen LogP contribution >= 0.6 is 0 Å². The molecule has 1 atom stereocenters. The standard InChI is InChI=1S/C17H20N2O3/c1-12-16(22-11-18-12)17(21)19-9-7-14(8-10-19)15(20)13-5-3-2-4-6-13/h2-6,11,14-15,20H,7-10H2,1H3/t15-/m0/s1. The van der Waals surface area contributed by atoms with Crippen molar-refractivity contribution in [2.45, 2.75) is 25.9 Å². The Bertz CT molecular complexity index is 630. The second-order valence-electron chi connectivity index (χ2n) is 5.75. The van der Waals surface area contributed by atoms with Crippen LogP contribution in [-0.4, -0.2) is 34.0 Å². The first-order valence-corrected chi connectivity index (χ1v) is 7.59. The smallest absolute Gasteiger partial charge is 0.291 e. The van der Waals surface area contributed by atoms with Crippen LogP contribution in [0, 0.1) is 12.8 Å². The van der Waals surface area contributed by atoms with Crippen molar-refractivity contribution in [1.29, 1.82) is 0 Å². The number of aryl methyl sites for hydroxylation is 1. The maximum absolute atomic E-state index is 12.4. The summed E-state index contributed by atoms with van der Waals surface area (Å²) in [5.74, 6) is 0.395. The van der Waals surface area contributed by atoms with Gasteiger partial charge in [0.25, 0.3) is 5.91 Å². The Balaban J connectivity index is 1.61. The number of likely N-dealkylation sites (tertiary alicyclic amines) is 1. The summed E-state index contributed by atoms with van der Waals surface area (Å²) in [6, 6.07) is 9.70. The minimum Gasteiger partial charge on any atom is -0.438 e. The molecule has 1 aliphatic rings. The van der Waals surface area contributed by atoms with E-state index in [0.717, 1.165) is 18.4 Å². The van der Waals surface area contributed by atoms with Gasteiger partial charge in [0.1, 0.15) is 0 Å². The minimum absolute atomic E-state index is 0.109. The van der Waals surface area contributed by atoms with E-state index >= 15 is 0 Å². The van der Waals surface area contributed by atoms with Crippen molar-refractivity contribution in [2.24, 2.45) is 5.92 Å². The van der Waals surface area contributed by atoms with Crippen LogP contribution in [0.2, 0.25) is 0 Å². The van der Waals surface area contributed by atoms with Gasteiger partial charge in [0.2, 0.25) is 5.76 Å². The largest absolute Gasteiger partial charge is 0.438 e. The Morgan fingerprint density at radius 2 is 2.00 bits per heavy atom. The number of aromatic nitrogens is 1. The number of piperidine rings is 1. The van der Waals surface area contributed by atoms with Crippen LogP contribution in [0.5, 0.6) is 0 Å². The highest BCUT2D eigenvalue weighted by Gasteiger charge is 2.30. The van der Waals surface area contributed by atoms with E-state index in [0.29, 0.717) is 24.5 Å². The number of carbonyl (C=O) groups is 1. The molecule has 1 aliphatic heterocycles. The third-order valence-corrected chi connectivity index (χ3v) is 4.35. The highest BCUT2D eigenvalue weighted by Crippen LogP contribution is 2.31. The molecule has 1 saturated heterocycles. The molecule has 1 fully saturated rings. The third-order valence-electron chi connectivity index (χ3n) is 4.35. The van der Waals surface area contributed by atoms with E-state index in [-0.39, 0.29) is 11.8 Å². The molecule has 1 aromatic heterocycles. The summed E-state index contributed by atoms with van der Waals surface area (Å²) < 4.78 is 5.17. The number of carbonyl (C=O) groups excluding carboxylic acids is 1. The normalized spacial score (nSPS) is 17.5. The molecule has 3 rings (SSSR count). The molecule has 116 valence electrons. The van der Waals surface area contributed by atoms with Crippen molar-refractivity contribution in [1.82, 2.24) is 9.88 Å². The van der Waals surface area contributed by atoms with Crippen LogP contribution in [0.25, 0.3) is 0 Å². The van der Waals surface area contributed by atoms with Gasteiger partial charge in [0.15, 0.2) is 6.39 Å². The first-order valence-electron chi connectivity index (χ1n) is 7.59. The van der Waals surface area contributed by atoms with Crippen molar-refractivity contribution >= 4 is 5.91 Å². The Kier molecular flexibility index (Phi) is 4.24. The highest BCUT2D eigenvalue weighted by atomic mass is 16.3. The van der Waals surface area contributed by atoms with Gasteiger partial charge < -0.3 is 14.4 Å². The predicted molar refractivity (Wildman–Crippen MR) is 81.3 cm³/mol. The number of benzene rings is 1. The van der Waals surface area contributed by atoms with Gasteiger partial charge in [-0.25, -0.2) is 4.98 Å². The lowest BCUT2D eigenvalue weighted by atomic mass is 9.87. The van der Waals surface area contributed by atoms with Crippen molar-refractivity contribution in [3.8, 4) is 0 Å². The number of oxazole rings is 1. The predicted octanol–water partition coefficient (Wildman–Crippen LogP) is 2.57. The maximum atomic E-state index is 12.4. The Hall–Kier alpha value is -2.14. The minimum atomic E-state index is -0.467. The SMILES string of the molecule is Cc1ncoc1C(=O)N1CCC([C@@H](O)c2ccccc2)CC1. The molecule has 1 amide bonds. The second-order valence-corrected chi connectivity index (χ2v) is 5.75. The molecule has 0 spiro atoms. The first-order chi connectivity index (χ1) is 10.7. The van der Waals surface area contributed by atoms with Crippen molar-refractivity contribution in [3.63, 3.8) is 0 Å². The lowest BCUT2D eigenvalue weighted by Gasteiger charge is -2.34. The molecular formula is C17H20N2O3. The summed E-state index contributed by atoms with van der Waals surface area (Å²) in [6.45, 7) is 3.03. The summed E-state index contributed by atoms with van der Waals surface area (Å²) in [6.07, 6.45) is 2.41. The van der Waals surface area contributed by atoms with E-state index in [9.17, 15) is 9.90 Å². The van der Waals surface area contributed by atoms with E-state index < -0.39 is 6.10 Å². The Morgan fingerprint density at radius 3 is 2.59 bits per heavy atom. The number of aliphatic hydroxyl groups excluding tert-OH is 1. The average molecular weight is 300 g/mol. The number of hydrogen-bond donors (Lipinski definition) is 1. The van der Waals surface area contributed by atoms with Gasteiger partial charge >= 0.3 is 0 Å². The van der Waals surface area contributed by atoms with Gasteiger partial charge in [0, 0.05) is 13.1 Å². The lowest BCUT2D eigenvalue weighted by molar-refractivity contribution is 0.0442. The molecule has 0 unspecified atom stereocenters. The van der Waals surface area contributed by atoms with Gasteiger partial charge in [0.05, 0.1) is 11.8 Å². The van der Waals surface area contributed by atoms with Crippen LogP contribution in [0.15, 0.2) is 41.1 Å². The fourth-order valence-electron chi connectivity index (χ4n) is 2.99. The zero-order valence-corrected chi connectivity index (χ0v) is 12.6. The van der Waals surface area contributed by atoms with E-state index in [2.05, 4.69) is 4.98 Å². The molecule has 2 aromatic rings. The molecule has 0 aliphatic carbocycles. The molecule has 5 heteroatoms. The van der Waals surface area contributed by atoms with Gasteiger partial charge in [-0.2, -0.15) is 0 Å². The van der Waals surface area contributed by atoms with Crippen LogP contribution < -0.4 is 0 Å². The molecule has 22 heavy (non-hydrogen) atoms. The summed E-state index contributed by atoms with van der Waals surface area (Å²) in [7, 11) is 0. The number of aliphatic hydroxyl groups is 1. The molecule has 0 bridgehead atoms. The maximum Gasteiger partial charge on any atom is 0.291 e. The van der Waals surface area contributed by atoms with Crippen LogP contribution in [-0.2, 0) is 0 Å². The highest BCUT2D eigenvalue weighted by molar-refractivity contribution is 5.92. The topological polar surface area (TPSA) is 66.6 Å². The van der Waals surface area contributed by atoms with Crippen molar-refractivity contribution < 1.29 is 14.3 Å². The second kappa shape index (κ2) is 6.32. The lowest BCUT2D eigenvalue weighted by Crippen LogP contribution is -2.39. The fraction of sp³-hybridized carbons (Fsp3) is 0.412. The van der Waals surface area contributed by atoms with Crippen molar-refractivity contribution in [3.05, 3.63) is 53.7 Å². The van der Waals surface area contributed by atoms with Crippen molar-refractivity contribution in [2.75, 3.05) is 13.1 Å². The first kappa shape index (κ1) is 14.8. The Labute approximate surface area is 129 Å². The molecule has 2 heterocycles. The van der Waals surface area contributed by atoms with E-state index in [1.807, 2.05) is 30.3 Å². The van der Waals surface area contributed by atoms with E-state index in [4.69, 9.17) is 4.42 Å². The zero-order chi connectivity index (χ0) is 15.5. The molecule has 1 aromatic carbocycles. The van der Waals surface area contributed by atoms with Crippen LogP contribution in [0.4, 0.5) is 0 Å². The number of hydrogen-bond acceptors (Lipinski definition) is 4. The fourth-order valence-corrected chi connectivity index (χ4v) is 2.99. The van der Waals surface area contributed by atoms with Gasteiger partial charge in [-0.05, 0) is 31.2 Å². The molecule has 0 radical (unpaired) electrons. The molecular weight excluding hydrogens is 280 g/mol. The third kappa shape index (κ3) is 2.90. The molecule has 0 saturated carbocycles. The quantitative estimate of drug-likeness (QED) is 0.946. The summed E-state index contributed by atoms with van der Waals surface area (Å²) in [5.41, 5.74) is 1.56. The van der Waals surface area contributed by atoms with Gasteiger partial charge in [-0.1, -0.05) is 30.3 Å². The van der Waals surface area contributed by atoms with E-state index in [1.165, 1.54) is 6.39 Å². The number of rotatable bonds is 3. The van der Waals surface area contributed by atoms with Crippen LogP contribution in [0.1, 0.15) is 40.8 Å². The van der Waals surface area contributed by atoms with E-state index in [1.54, 1.807) is 11.8 Å². The molecule has 1 N–H and O–H groups in total. The summed E-state index contributed by atoms with van der Waals surface area (Å²) >= 11 is 0. The van der Waals surface area contributed by atoms with Crippen LogP contribution in [0.3, 0.4) is 0 Å². The Morgan fingerprint density at radius 1 is 1.32 bits per heavy atom. The number of amides is 1.